The number of ether oxygens (including phenoxy) is 1. The summed E-state index contributed by atoms with van der Waals surface area (Å²) in [6, 6.07) is 25.2. The second-order valence-electron chi connectivity index (χ2n) is 7.07. The minimum Gasteiger partial charge on any atom is -0.494 e. The van der Waals surface area contributed by atoms with E-state index in [0.29, 0.717) is 17.6 Å². The second kappa shape index (κ2) is 11.6. The quantitative estimate of drug-likeness (QED) is 0.178. The molecule has 3 aromatic carbocycles. The minimum atomic E-state index is -0.237. The molecule has 9 heteroatoms. The van der Waals surface area contributed by atoms with Gasteiger partial charge < -0.3 is 4.74 Å². The first-order chi connectivity index (χ1) is 16.6. The number of amides is 1. The number of carbonyl (C=O) groups excluding carboxylic acids is 1. The SMILES string of the molecule is CCOc1ccc(/C=N\NC(=O)CSc2nnc(-c3ccccc3)n2-c2ccc(Br)cc2)cc1. The van der Waals surface area contributed by atoms with Crippen LogP contribution in [0.2, 0.25) is 0 Å². The van der Waals surface area contributed by atoms with Crippen LogP contribution in [0.15, 0.2) is 93.6 Å². The Morgan fingerprint density at radius 1 is 1.06 bits per heavy atom. The van der Waals surface area contributed by atoms with Gasteiger partial charge in [-0.3, -0.25) is 9.36 Å². The number of carbonyl (C=O) groups is 1. The molecule has 0 unspecified atom stereocenters. The van der Waals surface area contributed by atoms with Gasteiger partial charge in [0.15, 0.2) is 11.0 Å². The van der Waals surface area contributed by atoms with Crippen LogP contribution in [0.5, 0.6) is 5.75 Å². The summed E-state index contributed by atoms with van der Waals surface area (Å²) < 4.78 is 8.35. The van der Waals surface area contributed by atoms with Gasteiger partial charge in [-0.2, -0.15) is 5.10 Å². The Bertz CT molecular complexity index is 1260. The van der Waals surface area contributed by atoms with E-state index in [9.17, 15) is 4.79 Å². The third kappa shape index (κ3) is 6.12. The lowest BCUT2D eigenvalue weighted by molar-refractivity contribution is -0.118. The number of benzene rings is 3. The molecule has 0 saturated heterocycles. The van der Waals surface area contributed by atoms with Gasteiger partial charge in [-0.25, -0.2) is 5.43 Å². The van der Waals surface area contributed by atoms with Crippen LogP contribution < -0.4 is 10.2 Å². The zero-order chi connectivity index (χ0) is 23.8. The van der Waals surface area contributed by atoms with Crippen molar-refractivity contribution in [3.8, 4) is 22.8 Å². The Balaban J connectivity index is 1.44. The summed E-state index contributed by atoms with van der Waals surface area (Å²) in [5, 5.41) is 13.4. The van der Waals surface area contributed by atoms with E-state index in [4.69, 9.17) is 4.74 Å². The maximum absolute atomic E-state index is 12.4. The van der Waals surface area contributed by atoms with Gasteiger partial charge in [-0.15, -0.1) is 10.2 Å². The second-order valence-corrected chi connectivity index (χ2v) is 8.93. The van der Waals surface area contributed by atoms with Crippen LogP contribution in [0.25, 0.3) is 17.1 Å². The summed E-state index contributed by atoms with van der Waals surface area (Å²) in [6.07, 6.45) is 1.59. The van der Waals surface area contributed by atoms with Crippen molar-refractivity contribution in [3.05, 3.63) is 88.9 Å². The number of aromatic nitrogens is 3. The molecule has 0 bridgehead atoms. The number of hydrogen-bond acceptors (Lipinski definition) is 6. The fourth-order valence-electron chi connectivity index (χ4n) is 3.12. The normalized spacial score (nSPS) is 11.0. The summed E-state index contributed by atoms with van der Waals surface area (Å²) in [5.41, 5.74) is 5.27. The monoisotopic (exact) mass is 535 g/mol. The van der Waals surface area contributed by atoms with Crippen LogP contribution in [-0.4, -0.2) is 39.2 Å². The number of hydrazone groups is 1. The summed E-state index contributed by atoms with van der Waals surface area (Å²) in [4.78, 5) is 12.4. The van der Waals surface area contributed by atoms with Gasteiger partial charge in [0, 0.05) is 15.7 Å². The van der Waals surface area contributed by atoms with Crippen molar-refractivity contribution >= 4 is 39.8 Å². The molecule has 0 aliphatic carbocycles. The fourth-order valence-corrected chi connectivity index (χ4v) is 4.13. The molecule has 0 aliphatic rings. The Kier molecular flexibility index (Phi) is 8.11. The molecule has 1 aromatic heterocycles. The highest BCUT2D eigenvalue weighted by molar-refractivity contribution is 9.10. The third-order valence-corrected chi connectivity index (χ3v) is 6.13. The van der Waals surface area contributed by atoms with Crippen molar-refractivity contribution in [2.24, 2.45) is 5.10 Å². The maximum Gasteiger partial charge on any atom is 0.250 e. The number of nitrogens with one attached hydrogen (secondary N) is 1. The maximum atomic E-state index is 12.4. The summed E-state index contributed by atoms with van der Waals surface area (Å²) in [5.74, 6) is 1.41. The third-order valence-electron chi connectivity index (χ3n) is 4.68. The van der Waals surface area contributed by atoms with Crippen molar-refractivity contribution in [3.63, 3.8) is 0 Å². The van der Waals surface area contributed by atoms with Crippen LogP contribution in [0.4, 0.5) is 0 Å². The van der Waals surface area contributed by atoms with E-state index in [1.54, 1.807) is 6.21 Å². The molecule has 34 heavy (non-hydrogen) atoms. The van der Waals surface area contributed by atoms with Gasteiger partial charge in [0.05, 0.1) is 18.6 Å². The molecule has 0 radical (unpaired) electrons. The number of thioether (sulfide) groups is 1. The smallest absolute Gasteiger partial charge is 0.250 e. The number of rotatable bonds is 9. The first kappa shape index (κ1) is 23.7. The Morgan fingerprint density at radius 2 is 1.79 bits per heavy atom. The van der Waals surface area contributed by atoms with Crippen LogP contribution in [0.1, 0.15) is 12.5 Å². The van der Waals surface area contributed by atoms with Crippen molar-refractivity contribution < 1.29 is 9.53 Å². The first-order valence-electron chi connectivity index (χ1n) is 10.6. The number of halogens is 1. The van der Waals surface area contributed by atoms with Crippen molar-refractivity contribution in [2.45, 2.75) is 12.1 Å². The highest BCUT2D eigenvalue weighted by Gasteiger charge is 2.17. The lowest BCUT2D eigenvalue weighted by Crippen LogP contribution is -2.20. The molecule has 0 atom stereocenters. The lowest BCUT2D eigenvalue weighted by atomic mass is 10.2. The molecule has 172 valence electrons. The average molecular weight is 536 g/mol. The number of hydrogen-bond donors (Lipinski definition) is 1. The minimum absolute atomic E-state index is 0.143. The van der Waals surface area contributed by atoms with E-state index in [-0.39, 0.29) is 11.7 Å². The average Bonchev–Trinajstić information content (AvgIpc) is 3.29. The van der Waals surface area contributed by atoms with Gasteiger partial charge in [-0.1, -0.05) is 58.0 Å². The zero-order valence-corrected chi connectivity index (χ0v) is 20.8. The molecule has 4 rings (SSSR count). The molecule has 0 fully saturated rings. The van der Waals surface area contributed by atoms with E-state index in [2.05, 4.69) is 36.7 Å². The predicted octanol–water partition coefficient (Wildman–Crippen LogP) is 5.34. The van der Waals surface area contributed by atoms with E-state index in [1.807, 2.05) is 90.4 Å². The molecule has 1 amide bonds. The molecule has 1 heterocycles. The molecule has 1 N–H and O–H groups in total. The lowest BCUT2D eigenvalue weighted by Gasteiger charge is -2.10. The Morgan fingerprint density at radius 3 is 2.50 bits per heavy atom. The highest BCUT2D eigenvalue weighted by atomic mass is 79.9. The van der Waals surface area contributed by atoms with Crippen molar-refractivity contribution in [2.75, 3.05) is 12.4 Å². The fraction of sp³-hybridized carbons (Fsp3) is 0.120. The Labute approximate surface area is 210 Å². The standard InChI is InChI=1S/C25H22BrN5O2S/c1-2-33-22-14-8-18(9-15-22)16-27-28-23(32)17-34-25-30-29-24(19-6-4-3-5-7-19)31(25)21-12-10-20(26)11-13-21/h3-16H,2,17H2,1H3,(H,28,32)/b27-16-. The van der Waals surface area contributed by atoms with Crippen LogP contribution in [0, 0.1) is 0 Å². The van der Waals surface area contributed by atoms with Gasteiger partial charge >= 0.3 is 0 Å². The van der Waals surface area contributed by atoms with Gasteiger partial charge in [0.1, 0.15) is 5.75 Å². The Hall–Kier alpha value is -3.43. The van der Waals surface area contributed by atoms with Crippen molar-refractivity contribution in [1.29, 1.82) is 0 Å². The number of nitrogens with zero attached hydrogens (tertiary/aromatic N) is 4. The topological polar surface area (TPSA) is 81.4 Å². The van der Waals surface area contributed by atoms with Gasteiger partial charge in [-0.05, 0) is 61.0 Å². The molecular formula is C25H22BrN5O2S. The van der Waals surface area contributed by atoms with Crippen molar-refractivity contribution in [1.82, 2.24) is 20.2 Å². The molecule has 0 spiro atoms. The van der Waals surface area contributed by atoms with E-state index >= 15 is 0 Å². The molecule has 0 saturated carbocycles. The highest BCUT2D eigenvalue weighted by Crippen LogP contribution is 2.28. The molecular weight excluding hydrogens is 514 g/mol. The zero-order valence-electron chi connectivity index (χ0n) is 18.4. The van der Waals surface area contributed by atoms with Crippen LogP contribution in [-0.2, 0) is 4.79 Å². The van der Waals surface area contributed by atoms with Crippen LogP contribution >= 0.6 is 27.7 Å². The molecule has 7 nitrogen and oxygen atoms in total. The predicted molar refractivity (Wildman–Crippen MR) is 139 cm³/mol. The molecule has 0 aliphatic heterocycles. The van der Waals surface area contributed by atoms with E-state index in [1.165, 1.54) is 11.8 Å². The van der Waals surface area contributed by atoms with Crippen LogP contribution in [0.3, 0.4) is 0 Å². The van der Waals surface area contributed by atoms with E-state index < -0.39 is 0 Å². The summed E-state index contributed by atoms with van der Waals surface area (Å²) in [7, 11) is 0. The largest absolute Gasteiger partial charge is 0.494 e. The van der Waals surface area contributed by atoms with E-state index in [0.717, 1.165) is 27.0 Å². The molecule has 4 aromatic rings. The van der Waals surface area contributed by atoms with Gasteiger partial charge in [0.25, 0.3) is 5.91 Å². The summed E-state index contributed by atoms with van der Waals surface area (Å²) >= 11 is 4.77. The summed E-state index contributed by atoms with van der Waals surface area (Å²) in [6.45, 7) is 2.55. The first-order valence-corrected chi connectivity index (χ1v) is 12.4. The van der Waals surface area contributed by atoms with Gasteiger partial charge in [0.2, 0.25) is 0 Å².